The minimum atomic E-state index is -0.955. The lowest BCUT2D eigenvalue weighted by Crippen LogP contribution is -2.01. The molecule has 5 heteroatoms. The SMILES string of the molecule is O=C(O)Cc1cc(O)cnc1Br. The zero-order chi connectivity index (χ0) is 9.14. The van der Waals surface area contributed by atoms with Gasteiger partial charge < -0.3 is 10.2 Å². The second kappa shape index (κ2) is 3.53. The Labute approximate surface area is 77.0 Å². The lowest BCUT2D eigenvalue weighted by atomic mass is 10.2. The van der Waals surface area contributed by atoms with Crippen LogP contribution in [-0.2, 0) is 11.2 Å². The van der Waals surface area contributed by atoms with E-state index >= 15 is 0 Å². The van der Waals surface area contributed by atoms with Gasteiger partial charge in [-0.05, 0) is 27.6 Å². The molecular formula is C7H6BrNO3. The fourth-order valence-corrected chi connectivity index (χ4v) is 1.12. The van der Waals surface area contributed by atoms with Gasteiger partial charge in [-0.1, -0.05) is 0 Å². The number of aliphatic carboxylic acids is 1. The lowest BCUT2D eigenvalue weighted by molar-refractivity contribution is -0.136. The van der Waals surface area contributed by atoms with Gasteiger partial charge in [0, 0.05) is 0 Å². The van der Waals surface area contributed by atoms with E-state index in [9.17, 15) is 4.79 Å². The van der Waals surface area contributed by atoms with Crippen molar-refractivity contribution in [3.63, 3.8) is 0 Å². The van der Waals surface area contributed by atoms with Crippen molar-refractivity contribution in [1.29, 1.82) is 0 Å². The molecule has 0 aliphatic heterocycles. The van der Waals surface area contributed by atoms with Gasteiger partial charge in [0.15, 0.2) is 0 Å². The van der Waals surface area contributed by atoms with Gasteiger partial charge in [0.05, 0.1) is 12.6 Å². The second-order valence-electron chi connectivity index (χ2n) is 2.21. The van der Waals surface area contributed by atoms with Gasteiger partial charge in [-0.15, -0.1) is 0 Å². The monoisotopic (exact) mass is 231 g/mol. The average Bonchev–Trinajstić information content (AvgIpc) is 1.96. The van der Waals surface area contributed by atoms with E-state index in [2.05, 4.69) is 20.9 Å². The van der Waals surface area contributed by atoms with E-state index in [0.29, 0.717) is 10.2 Å². The molecule has 12 heavy (non-hydrogen) atoms. The van der Waals surface area contributed by atoms with Crippen molar-refractivity contribution in [2.45, 2.75) is 6.42 Å². The van der Waals surface area contributed by atoms with Crippen LogP contribution in [0.2, 0.25) is 0 Å². The molecule has 0 unspecified atom stereocenters. The molecule has 0 saturated heterocycles. The van der Waals surface area contributed by atoms with Crippen LogP contribution in [0.3, 0.4) is 0 Å². The second-order valence-corrected chi connectivity index (χ2v) is 2.97. The van der Waals surface area contributed by atoms with Crippen molar-refractivity contribution in [3.05, 3.63) is 22.4 Å². The van der Waals surface area contributed by atoms with Crippen LogP contribution in [0.1, 0.15) is 5.56 Å². The number of nitrogens with zero attached hydrogens (tertiary/aromatic N) is 1. The Kier molecular flexibility index (Phi) is 2.65. The first-order chi connectivity index (χ1) is 5.59. The molecule has 0 saturated carbocycles. The lowest BCUT2D eigenvalue weighted by Gasteiger charge is -1.99. The number of hydrogen-bond donors (Lipinski definition) is 2. The van der Waals surface area contributed by atoms with Crippen molar-refractivity contribution in [3.8, 4) is 5.75 Å². The predicted octanol–water partition coefficient (Wildman–Crippen LogP) is 1.18. The molecule has 0 radical (unpaired) electrons. The van der Waals surface area contributed by atoms with Gasteiger partial charge in [-0.3, -0.25) is 4.79 Å². The summed E-state index contributed by atoms with van der Waals surface area (Å²) in [7, 11) is 0. The Morgan fingerprint density at radius 2 is 2.33 bits per heavy atom. The highest BCUT2D eigenvalue weighted by Gasteiger charge is 2.06. The molecule has 64 valence electrons. The smallest absolute Gasteiger partial charge is 0.307 e. The van der Waals surface area contributed by atoms with E-state index in [1.807, 2.05) is 0 Å². The van der Waals surface area contributed by atoms with Gasteiger partial charge in [0.2, 0.25) is 0 Å². The van der Waals surface area contributed by atoms with E-state index in [4.69, 9.17) is 10.2 Å². The molecule has 1 aromatic heterocycles. The quantitative estimate of drug-likeness (QED) is 0.751. The highest BCUT2D eigenvalue weighted by molar-refractivity contribution is 9.10. The third-order valence-corrected chi connectivity index (χ3v) is 1.95. The first kappa shape index (κ1) is 8.99. The van der Waals surface area contributed by atoms with Crippen LogP contribution in [0, 0.1) is 0 Å². The minimum Gasteiger partial charge on any atom is -0.506 e. The Morgan fingerprint density at radius 3 is 2.92 bits per heavy atom. The van der Waals surface area contributed by atoms with Crippen LogP contribution in [0.5, 0.6) is 5.75 Å². The molecule has 1 heterocycles. The number of hydrogen-bond acceptors (Lipinski definition) is 3. The third-order valence-electron chi connectivity index (χ3n) is 1.24. The topological polar surface area (TPSA) is 70.4 Å². The maximum absolute atomic E-state index is 10.3. The van der Waals surface area contributed by atoms with E-state index in [0.717, 1.165) is 0 Å². The van der Waals surface area contributed by atoms with Crippen molar-refractivity contribution in [2.24, 2.45) is 0 Å². The van der Waals surface area contributed by atoms with Gasteiger partial charge in [-0.2, -0.15) is 0 Å². The number of halogens is 1. The predicted molar refractivity (Wildman–Crippen MR) is 44.9 cm³/mol. The normalized spacial score (nSPS) is 9.75. The van der Waals surface area contributed by atoms with Gasteiger partial charge in [-0.25, -0.2) is 4.98 Å². The van der Waals surface area contributed by atoms with E-state index in [1.54, 1.807) is 0 Å². The maximum atomic E-state index is 10.3. The van der Waals surface area contributed by atoms with Crippen LogP contribution < -0.4 is 0 Å². The molecule has 1 rings (SSSR count). The fraction of sp³-hybridized carbons (Fsp3) is 0.143. The van der Waals surface area contributed by atoms with E-state index < -0.39 is 5.97 Å². The van der Waals surface area contributed by atoms with E-state index in [1.165, 1.54) is 12.3 Å². The summed E-state index contributed by atoms with van der Waals surface area (Å²) in [6.45, 7) is 0. The van der Waals surface area contributed by atoms with Crippen LogP contribution in [0.15, 0.2) is 16.9 Å². The fourth-order valence-electron chi connectivity index (χ4n) is 0.768. The van der Waals surface area contributed by atoms with Gasteiger partial charge in [0.1, 0.15) is 10.4 Å². The van der Waals surface area contributed by atoms with Gasteiger partial charge in [0.25, 0.3) is 0 Å². The Balaban J connectivity index is 2.97. The summed E-state index contributed by atoms with van der Waals surface area (Å²) in [5.74, 6) is -0.988. The zero-order valence-electron chi connectivity index (χ0n) is 5.99. The number of carboxylic acids is 1. The van der Waals surface area contributed by atoms with Crippen LogP contribution in [-0.4, -0.2) is 21.2 Å². The molecule has 0 atom stereocenters. The summed E-state index contributed by atoms with van der Waals surface area (Å²) in [4.78, 5) is 14.0. The summed E-state index contributed by atoms with van der Waals surface area (Å²) >= 11 is 3.07. The zero-order valence-corrected chi connectivity index (χ0v) is 7.58. The Bertz CT molecular complexity index is 314. The third kappa shape index (κ3) is 2.20. The van der Waals surface area contributed by atoms with Gasteiger partial charge >= 0.3 is 5.97 Å². The molecule has 0 aromatic carbocycles. The number of carboxylic acid groups (broad SMARTS) is 1. The summed E-state index contributed by atoms with van der Waals surface area (Å²) in [5, 5.41) is 17.4. The molecule has 0 fully saturated rings. The number of rotatable bonds is 2. The first-order valence-electron chi connectivity index (χ1n) is 3.15. The molecule has 0 bridgehead atoms. The van der Waals surface area contributed by atoms with Crippen LogP contribution in [0.25, 0.3) is 0 Å². The molecule has 0 aliphatic carbocycles. The molecule has 0 amide bonds. The number of pyridine rings is 1. The average molecular weight is 232 g/mol. The van der Waals surface area contributed by atoms with Crippen LogP contribution in [0.4, 0.5) is 0 Å². The van der Waals surface area contributed by atoms with Crippen LogP contribution >= 0.6 is 15.9 Å². The number of aromatic hydroxyl groups is 1. The minimum absolute atomic E-state index is 0.0329. The summed E-state index contributed by atoms with van der Waals surface area (Å²) in [6.07, 6.45) is 1.09. The molecule has 1 aromatic rings. The first-order valence-corrected chi connectivity index (χ1v) is 3.94. The number of carbonyl (C=O) groups is 1. The molecule has 2 N–H and O–H groups in total. The summed E-state index contributed by atoms with van der Waals surface area (Å²) in [6, 6.07) is 1.37. The standard InChI is InChI=1S/C7H6BrNO3/c8-7-4(2-6(11)12)1-5(10)3-9-7/h1,3,10H,2H2,(H,11,12). The molecule has 0 spiro atoms. The molecular weight excluding hydrogens is 226 g/mol. The Morgan fingerprint density at radius 1 is 1.67 bits per heavy atom. The van der Waals surface area contributed by atoms with Crippen molar-refractivity contribution in [1.82, 2.24) is 4.98 Å². The number of aromatic nitrogens is 1. The maximum Gasteiger partial charge on any atom is 0.307 e. The Hall–Kier alpha value is -1.10. The van der Waals surface area contributed by atoms with Crippen molar-refractivity contribution < 1.29 is 15.0 Å². The summed E-state index contributed by atoms with van der Waals surface area (Å²) in [5.41, 5.74) is 0.461. The molecule has 4 nitrogen and oxygen atoms in total. The van der Waals surface area contributed by atoms with Crippen molar-refractivity contribution in [2.75, 3.05) is 0 Å². The highest BCUT2D eigenvalue weighted by atomic mass is 79.9. The largest absolute Gasteiger partial charge is 0.506 e. The summed E-state index contributed by atoms with van der Waals surface area (Å²) < 4.78 is 0.447. The van der Waals surface area contributed by atoms with Crippen molar-refractivity contribution >= 4 is 21.9 Å². The van der Waals surface area contributed by atoms with E-state index in [-0.39, 0.29) is 12.2 Å². The highest BCUT2D eigenvalue weighted by Crippen LogP contribution is 2.18. The molecule has 0 aliphatic rings.